The van der Waals surface area contributed by atoms with Gasteiger partial charge in [-0.15, -0.1) is 0 Å². The molecular formula is C31H42N4O5S. The van der Waals surface area contributed by atoms with Crippen molar-refractivity contribution < 1.29 is 23.1 Å². The van der Waals surface area contributed by atoms with Crippen LogP contribution in [0.2, 0.25) is 0 Å². The van der Waals surface area contributed by atoms with Crippen LogP contribution >= 0.6 is 0 Å². The average Bonchev–Trinajstić information content (AvgIpc) is 3.41. The monoisotopic (exact) mass is 582 g/mol. The first-order valence-electron chi connectivity index (χ1n) is 14.0. The number of aliphatic hydroxyl groups excluding tert-OH is 1. The average molecular weight is 583 g/mol. The minimum absolute atomic E-state index is 0.0462. The summed E-state index contributed by atoms with van der Waals surface area (Å²) in [6.07, 6.45) is 2.67. The van der Waals surface area contributed by atoms with Crippen molar-refractivity contribution in [3.8, 4) is 0 Å². The second-order valence-corrected chi connectivity index (χ2v) is 13.1. The summed E-state index contributed by atoms with van der Waals surface area (Å²) in [6, 6.07) is 17.6. The van der Waals surface area contributed by atoms with E-state index < -0.39 is 34.1 Å². The molecule has 0 aliphatic heterocycles. The summed E-state index contributed by atoms with van der Waals surface area (Å²) >= 11 is 0. The number of sulfonamides is 1. The van der Waals surface area contributed by atoms with Gasteiger partial charge < -0.3 is 15.4 Å². The molecule has 1 aromatic heterocycles. The summed E-state index contributed by atoms with van der Waals surface area (Å²) in [5.74, 6) is -0.763. The molecule has 0 bridgehead atoms. The van der Waals surface area contributed by atoms with Gasteiger partial charge in [-0.25, -0.2) is 18.1 Å². The first kappa shape index (κ1) is 32.2. The standard InChI is InChI=1S/C31H42N4O5S/c1-20(2)28(35-41(5,39)40)31(38)34-25(17-23-14-10-7-11-15-23)27(36)18-24(16-22-12-8-6-9-13-22)30-32-19-26(33-30)29(37)21(3)4/h6-15,19-21,24-25,27-28,35-36H,16-18H2,1-5H3,(H,32,33)(H,34,38)/t24-,25+,27+,28+/m1/s1. The molecule has 2 aromatic carbocycles. The van der Waals surface area contributed by atoms with Crippen LogP contribution in [-0.4, -0.2) is 59.6 Å². The number of nitrogens with one attached hydrogen (secondary N) is 3. The molecule has 4 N–H and O–H groups in total. The number of carbonyl (C=O) groups is 2. The van der Waals surface area contributed by atoms with Gasteiger partial charge in [0.2, 0.25) is 15.9 Å². The number of imidazole rings is 1. The topological polar surface area (TPSA) is 141 Å². The third-order valence-corrected chi connectivity index (χ3v) is 7.69. The number of Topliss-reactive ketones (excluding diaryl/α,β-unsaturated/α-hetero) is 1. The molecular weight excluding hydrogens is 540 g/mol. The second-order valence-electron chi connectivity index (χ2n) is 11.3. The number of aromatic amines is 1. The maximum absolute atomic E-state index is 13.4. The number of benzene rings is 2. The van der Waals surface area contributed by atoms with Crippen LogP contribution in [0.15, 0.2) is 66.9 Å². The SMILES string of the molecule is CC(C)C(=O)c1cnc([C@H](Cc2ccccc2)C[C@H](O)[C@H](Cc2ccccc2)NC(=O)[C@@H](NS(C)(=O)=O)C(C)C)[nH]1. The predicted octanol–water partition coefficient (Wildman–Crippen LogP) is 3.63. The van der Waals surface area contributed by atoms with E-state index in [1.165, 1.54) is 6.20 Å². The van der Waals surface area contributed by atoms with Gasteiger partial charge in [0.1, 0.15) is 17.6 Å². The molecule has 0 aliphatic carbocycles. The first-order valence-corrected chi connectivity index (χ1v) is 15.9. The van der Waals surface area contributed by atoms with Gasteiger partial charge in [0.05, 0.1) is 24.6 Å². The summed E-state index contributed by atoms with van der Waals surface area (Å²) in [4.78, 5) is 33.6. The quantitative estimate of drug-likeness (QED) is 0.202. The number of aromatic nitrogens is 2. The Morgan fingerprint density at radius 3 is 2.00 bits per heavy atom. The zero-order valence-corrected chi connectivity index (χ0v) is 25.2. The molecule has 0 spiro atoms. The summed E-state index contributed by atoms with van der Waals surface area (Å²) in [5.41, 5.74) is 2.37. The van der Waals surface area contributed by atoms with E-state index in [2.05, 4.69) is 20.0 Å². The number of hydrogen-bond acceptors (Lipinski definition) is 6. The summed E-state index contributed by atoms with van der Waals surface area (Å²) in [5, 5.41) is 14.6. The van der Waals surface area contributed by atoms with Gasteiger partial charge in [-0.05, 0) is 36.3 Å². The van der Waals surface area contributed by atoms with E-state index in [-0.39, 0.29) is 30.0 Å². The number of amides is 1. The van der Waals surface area contributed by atoms with Gasteiger partial charge in [0, 0.05) is 11.8 Å². The maximum Gasteiger partial charge on any atom is 0.238 e. The van der Waals surface area contributed by atoms with Gasteiger partial charge in [-0.2, -0.15) is 0 Å². The smallest absolute Gasteiger partial charge is 0.238 e. The molecule has 1 heterocycles. The molecule has 4 atom stereocenters. The highest BCUT2D eigenvalue weighted by atomic mass is 32.2. The van der Waals surface area contributed by atoms with Crippen molar-refractivity contribution in [3.05, 3.63) is 89.5 Å². The summed E-state index contributed by atoms with van der Waals surface area (Å²) in [6.45, 7) is 7.17. The molecule has 0 unspecified atom stereocenters. The van der Waals surface area contributed by atoms with E-state index in [1.54, 1.807) is 13.8 Å². The maximum atomic E-state index is 13.4. The molecule has 0 saturated heterocycles. The van der Waals surface area contributed by atoms with Crippen molar-refractivity contribution in [3.63, 3.8) is 0 Å². The largest absolute Gasteiger partial charge is 0.391 e. The number of aliphatic hydroxyl groups is 1. The Bertz CT molecular complexity index is 1370. The fraction of sp³-hybridized carbons (Fsp3) is 0.452. The molecule has 3 rings (SSSR count). The molecule has 9 nitrogen and oxygen atoms in total. The predicted molar refractivity (Wildman–Crippen MR) is 160 cm³/mol. The lowest BCUT2D eigenvalue weighted by atomic mass is 9.88. The Balaban J connectivity index is 1.91. The Hall–Kier alpha value is -3.34. The normalized spacial score (nSPS) is 14.9. The van der Waals surface area contributed by atoms with E-state index in [0.717, 1.165) is 17.4 Å². The summed E-state index contributed by atoms with van der Waals surface area (Å²) < 4.78 is 26.3. The lowest BCUT2D eigenvalue weighted by Crippen LogP contribution is -2.55. The highest BCUT2D eigenvalue weighted by Crippen LogP contribution is 2.26. The number of ketones is 1. The van der Waals surface area contributed by atoms with Gasteiger partial charge in [0.15, 0.2) is 5.78 Å². The highest BCUT2D eigenvalue weighted by Gasteiger charge is 2.32. The van der Waals surface area contributed by atoms with E-state index in [1.807, 2.05) is 74.5 Å². The molecule has 0 fully saturated rings. The fourth-order valence-corrected chi connectivity index (χ4v) is 5.61. The van der Waals surface area contributed by atoms with Crippen molar-refractivity contribution in [1.82, 2.24) is 20.0 Å². The highest BCUT2D eigenvalue weighted by molar-refractivity contribution is 7.88. The van der Waals surface area contributed by atoms with Crippen LogP contribution in [0.3, 0.4) is 0 Å². The fourth-order valence-electron chi connectivity index (χ4n) is 4.77. The molecule has 1 amide bonds. The molecule has 0 aliphatic rings. The van der Waals surface area contributed by atoms with Crippen LogP contribution in [0.25, 0.3) is 0 Å². The molecule has 222 valence electrons. The van der Waals surface area contributed by atoms with Gasteiger partial charge in [-0.1, -0.05) is 88.4 Å². The Morgan fingerprint density at radius 2 is 1.49 bits per heavy atom. The van der Waals surface area contributed by atoms with Crippen molar-refractivity contribution in [2.24, 2.45) is 11.8 Å². The van der Waals surface area contributed by atoms with Gasteiger partial charge >= 0.3 is 0 Å². The van der Waals surface area contributed by atoms with Crippen molar-refractivity contribution >= 4 is 21.7 Å². The first-order chi connectivity index (χ1) is 19.3. The van der Waals surface area contributed by atoms with Crippen LogP contribution < -0.4 is 10.0 Å². The molecule has 3 aromatic rings. The number of H-pyrrole nitrogens is 1. The van der Waals surface area contributed by atoms with E-state index >= 15 is 0 Å². The second kappa shape index (κ2) is 14.5. The summed E-state index contributed by atoms with van der Waals surface area (Å²) in [7, 11) is -3.64. The van der Waals surface area contributed by atoms with Crippen molar-refractivity contribution in [2.45, 2.75) is 71.1 Å². The van der Waals surface area contributed by atoms with Crippen LogP contribution in [0, 0.1) is 11.8 Å². The lowest BCUT2D eigenvalue weighted by molar-refractivity contribution is -0.125. The van der Waals surface area contributed by atoms with Gasteiger partial charge in [0.25, 0.3) is 0 Å². The molecule has 41 heavy (non-hydrogen) atoms. The molecule has 0 saturated carbocycles. The minimum Gasteiger partial charge on any atom is -0.391 e. The Labute approximate surface area is 243 Å². The lowest BCUT2D eigenvalue weighted by Gasteiger charge is -2.30. The third-order valence-electron chi connectivity index (χ3n) is 7.00. The third kappa shape index (κ3) is 9.91. The number of hydrogen-bond donors (Lipinski definition) is 4. The zero-order chi connectivity index (χ0) is 30.2. The van der Waals surface area contributed by atoms with Crippen molar-refractivity contribution in [2.75, 3.05) is 6.26 Å². The van der Waals surface area contributed by atoms with Crippen LogP contribution in [0.1, 0.15) is 67.5 Å². The van der Waals surface area contributed by atoms with Crippen molar-refractivity contribution in [1.29, 1.82) is 0 Å². The van der Waals surface area contributed by atoms with Crippen LogP contribution in [0.4, 0.5) is 0 Å². The number of rotatable bonds is 15. The number of carbonyl (C=O) groups excluding carboxylic acids is 2. The van der Waals surface area contributed by atoms with Crippen LogP contribution in [0.5, 0.6) is 0 Å². The Morgan fingerprint density at radius 1 is 0.927 bits per heavy atom. The van der Waals surface area contributed by atoms with Gasteiger partial charge in [-0.3, -0.25) is 9.59 Å². The minimum atomic E-state index is -3.64. The van der Waals surface area contributed by atoms with E-state index in [0.29, 0.717) is 24.4 Å². The van der Waals surface area contributed by atoms with E-state index in [9.17, 15) is 23.1 Å². The van der Waals surface area contributed by atoms with Crippen LogP contribution in [-0.2, 0) is 27.7 Å². The number of nitrogens with zero attached hydrogens (tertiary/aromatic N) is 1. The Kier molecular flexibility index (Phi) is 11.4. The zero-order valence-electron chi connectivity index (χ0n) is 24.4. The van der Waals surface area contributed by atoms with E-state index in [4.69, 9.17) is 0 Å². The molecule has 0 radical (unpaired) electrons. The molecule has 10 heteroatoms.